The molecule has 5 aromatic carbocycles. The van der Waals surface area contributed by atoms with Crippen molar-refractivity contribution in [3.63, 3.8) is 0 Å². The van der Waals surface area contributed by atoms with Crippen LogP contribution in [0.4, 0.5) is 0 Å². The summed E-state index contributed by atoms with van der Waals surface area (Å²) in [4.78, 5) is 34.1. The zero-order chi connectivity index (χ0) is 36.0. The molecule has 0 spiro atoms. The first-order valence-corrected chi connectivity index (χ1v) is 18.0. The molecule has 1 aliphatic rings. The molecule has 9 nitrogen and oxygen atoms in total. The fourth-order valence-corrected chi connectivity index (χ4v) is 7.36. The summed E-state index contributed by atoms with van der Waals surface area (Å²) in [6.07, 6.45) is 0.421. The van der Waals surface area contributed by atoms with Gasteiger partial charge in [-0.15, -0.1) is 11.8 Å². The van der Waals surface area contributed by atoms with Crippen LogP contribution < -0.4 is 5.32 Å². The third-order valence-electron chi connectivity index (χ3n) is 9.27. The lowest BCUT2D eigenvalue weighted by Gasteiger charge is -2.41. The van der Waals surface area contributed by atoms with E-state index in [9.17, 15) is 19.8 Å². The molecule has 1 fully saturated rings. The Labute approximate surface area is 305 Å². The number of amides is 1. The summed E-state index contributed by atoms with van der Waals surface area (Å²) < 4.78 is 13.3. The van der Waals surface area contributed by atoms with Gasteiger partial charge in [0.15, 0.2) is 6.29 Å². The maximum Gasteiger partial charge on any atom is 0.335 e. The molecule has 2 heterocycles. The highest BCUT2D eigenvalue weighted by molar-refractivity contribution is 7.99. The number of rotatable bonds is 11. The van der Waals surface area contributed by atoms with Crippen molar-refractivity contribution in [2.24, 2.45) is 5.92 Å². The van der Waals surface area contributed by atoms with Gasteiger partial charge in [0.1, 0.15) is 5.69 Å². The van der Waals surface area contributed by atoms with Crippen LogP contribution in [0.1, 0.15) is 62.4 Å². The number of hydrogen-bond donors (Lipinski definition) is 3. The van der Waals surface area contributed by atoms with E-state index < -0.39 is 12.3 Å². The average molecular weight is 712 g/mol. The minimum Gasteiger partial charge on any atom is -0.478 e. The number of aromatic nitrogens is 2. The van der Waals surface area contributed by atoms with Crippen LogP contribution in [0.15, 0.2) is 132 Å². The largest absolute Gasteiger partial charge is 0.478 e. The lowest BCUT2D eigenvalue weighted by Crippen LogP contribution is -2.38. The molecule has 4 unspecified atom stereocenters. The van der Waals surface area contributed by atoms with Crippen LogP contribution in [0, 0.1) is 5.92 Å². The summed E-state index contributed by atoms with van der Waals surface area (Å²) in [5.74, 6) is -0.608. The summed E-state index contributed by atoms with van der Waals surface area (Å²) in [5, 5.41) is 21.9. The Morgan fingerprint density at radius 3 is 2.23 bits per heavy atom. The van der Waals surface area contributed by atoms with E-state index in [1.807, 2.05) is 109 Å². The molecule has 1 aliphatic heterocycles. The van der Waals surface area contributed by atoms with Crippen LogP contribution in [0.5, 0.6) is 0 Å². The van der Waals surface area contributed by atoms with Crippen LogP contribution in [0.2, 0.25) is 0 Å². The van der Waals surface area contributed by atoms with Crippen LogP contribution in [-0.2, 0) is 22.6 Å². The molecule has 0 bridgehead atoms. The van der Waals surface area contributed by atoms with E-state index in [0.29, 0.717) is 17.8 Å². The molecule has 0 radical (unpaired) electrons. The van der Waals surface area contributed by atoms with Gasteiger partial charge in [0.2, 0.25) is 0 Å². The van der Waals surface area contributed by atoms with Crippen molar-refractivity contribution < 1.29 is 29.3 Å². The molecular formula is C42H37N3O6S. The smallest absolute Gasteiger partial charge is 0.335 e. The third-order valence-corrected chi connectivity index (χ3v) is 10.4. The van der Waals surface area contributed by atoms with Crippen molar-refractivity contribution in [1.82, 2.24) is 15.3 Å². The number of nitrogens with zero attached hydrogens (tertiary/aromatic N) is 2. The van der Waals surface area contributed by atoms with Crippen molar-refractivity contribution in [2.45, 2.75) is 43.5 Å². The predicted octanol–water partition coefficient (Wildman–Crippen LogP) is 8.00. The van der Waals surface area contributed by atoms with Crippen molar-refractivity contribution in [3.8, 4) is 11.1 Å². The Morgan fingerprint density at radius 1 is 0.808 bits per heavy atom. The first-order chi connectivity index (χ1) is 25.4. The number of aliphatic hydroxyl groups excluding tert-OH is 1. The number of aliphatic hydroxyl groups is 1. The standard InChI is InChI=1S/C42H37N3O6S/c1-26-38(25-52-33-20-18-30(19-21-33)41(48)49)50-42(51-39(26)29-12-10-27(24-46)11-13-29)31-16-14-28(15-17-31)34-7-3-2-6-32(34)22-44-40(47)37-23-43-35-8-4-5-9-36(35)45-37/h2-21,23,26,38-39,42,46H,22,24-25H2,1H3,(H,44,47)(H,48,49). The second-order valence-electron chi connectivity index (χ2n) is 12.7. The minimum atomic E-state index is -0.954. The third kappa shape index (κ3) is 7.90. The van der Waals surface area contributed by atoms with Gasteiger partial charge in [-0.3, -0.25) is 9.78 Å². The number of para-hydroxylation sites is 2. The highest BCUT2D eigenvalue weighted by atomic mass is 32.2. The molecule has 52 heavy (non-hydrogen) atoms. The lowest BCUT2D eigenvalue weighted by molar-refractivity contribution is -0.268. The van der Waals surface area contributed by atoms with Crippen molar-refractivity contribution >= 4 is 34.7 Å². The van der Waals surface area contributed by atoms with Gasteiger partial charge in [-0.2, -0.15) is 0 Å². The molecule has 262 valence electrons. The molecule has 6 aromatic rings. The first kappa shape index (κ1) is 35.0. The maximum absolute atomic E-state index is 13.0. The second kappa shape index (κ2) is 15.9. The predicted molar refractivity (Wildman–Crippen MR) is 200 cm³/mol. The summed E-state index contributed by atoms with van der Waals surface area (Å²) in [7, 11) is 0. The van der Waals surface area contributed by atoms with Crippen LogP contribution >= 0.6 is 11.8 Å². The number of benzene rings is 5. The number of carboxylic acids is 1. The van der Waals surface area contributed by atoms with Crippen molar-refractivity contribution in [1.29, 1.82) is 0 Å². The number of carbonyl (C=O) groups excluding carboxylic acids is 1. The number of carboxylic acid groups (broad SMARTS) is 1. The normalized spacial score (nSPS) is 18.6. The molecule has 0 saturated carbocycles. The first-order valence-electron chi connectivity index (χ1n) is 17.0. The highest BCUT2D eigenvalue weighted by Gasteiger charge is 2.38. The monoisotopic (exact) mass is 711 g/mol. The van der Waals surface area contributed by atoms with Crippen molar-refractivity contribution in [3.05, 3.63) is 161 Å². The molecule has 1 saturated heterocycles. The lowest BCUT2D eigenvalue weighted by atomic mass is 9.91. The Bertz CT molecular complexity index is 2180. The van der Waals surface area contributed by atoms with Crippen molar-refractivity contribution in [2.75, 3.05) is 5.75 Å². The Morgan fingerprint density at radius 2 is 1.50 bits per heavy atom. The van der Waals surface area contributed by atoms with E-state index in [2.05, 4.69) is 22.2 Å². The summed E-state index contributed by atoms with van der Waals surface area (Å²) >= 11 is 1.61. The van der Waals surface area contributed by atoms with Gasteiger partial charge in [0, 0.05) is 28.7 Å². The number of ether oxygens (including phenoxy) is 2. The molecule has 1 aromatic heterocycles. The summed E-state index contributed by atoms with van der Waals surface area (Å²) in [6, 6.07) is 38.2. The number of nitrogens with one attached hydrogen (secondary N) is 1. The SMILES string of the molecule is CC1C(CSc2ccc(C(=O)O)cc2)OC(c2ccc(-c3ccccc3CNC(=O)c3cnc4ccccc4n3)cc2)OC1c1ccc(CO)cc1. The summed E-state index contributed by atoms with van der Waals surface area (Å²) in [6.45, 7) is 2.39. The molecular weight excluding hydrogens is 675 g/mol. The van der Waals surface area contributed by atoms with E-state index >= 15 is 0 Å². The Balaban J connectivity index is 1.08. The molecule has 4 atom stereocenters. The van der Waals surface area contributed by atoms with Gasteiger partial charge < -0.3 is 25.0 Å². The highest BCUT2D eigenvalue weighted by Crippen LogP contribution is 2.43. The number of aromatic carboxylic acids is 1. The van der Waals surface area contributed by atoms with E-state index in [0.717, 1.165) is 43.8 Å². The quantitative estimate of drug-likeness (QED) is 0.114. The number of hydrogen-bond acceptors (Lipinski definition) is 8. The van der Waals surface area contributed by atoms with E-state index in [1.54, 1.807) is 23.9 Å². The molecule has 7 rings (SSSR count). The van der Waals surface area contributed by atoms with Crippen LogP contribution in [-0.4, -0.2) is 43.9 Å². The average Bonchev–Trinajstić information content (AvgIpc) is 3.19. The maximum atomic E-state index is 13.0. The van der Waals surface area contributed by atoms with Gasteiger partial charge in [-0.05, 0) is 64.2 Å². The summed E-state index contributed by atoms with van der Waals surface area (Å²) in [5.41, 5.74) is 7.54. The zero-order valence-corrected chi connectivity index (χ0v) is 29.2. The van der Waals surface area contributed by atoms with Gasteiger partial charge in [0.25, 0.3) is 5.91 Å². The van der Waals surface area contributed by atoms with Gasteiger partial charge in [-0.25, -0.2) is 9.78 Å². The van der Waals surface area contributed by atoms with Gasteiger partial charge >= 0.3 is 5.97 Å². The fraction of sp³-hybridized carbons (Fsp3) is 0.190. The minimum absolute atomic E-state index is 0.00367. The molecule has 0 aliphatic carbocycles. The van der Waals surface area contributed by atoms with E-state index in [1.165, 1.54) is 6.20 Å². The van der Waals surface area contributed by atoms with E-state index in [-0.39, 0.29) is 41.9 Å². The Hall–Kier alpha value is -5.39. The number of carbonyl (C=O) groups is 2. The molecule has 10 heteroatoms. The molecule has 1 amide bonds. The number of thioether (sulfide) groups is 1. The topological polar surface area (TPSA) is 131 Å². The van der Waals surface area contributed by atoms with Gasteiger partial charge in [0.05, 0.1) is 41.6 Å². The van der Waals surface area contributed by atoms with Crippen LogP contribution in [0.3, 0.4) is 0 Å². The molecule has 3 N–H and O–H groups in total. The Kier molecular flexibility index (Phi) is 10.7. The second-order valence-corrected chi connectivity index (χ2v) is 13.8. The van der Waals surface area contributed by atoms with Crippen LogP contribution in [0.25, 0.3) is 22.2 Å². The fourth-order valence-electron chi connectivity index (χ4n) is 6.29. The van der Waals surface area contributed by atoms with E-state index in [4.69, 9.17) is 9.47 Å². The van der Waals surface area contributed by atoms with Gasteiger partial charge in [-0.1, -0.05) is 91.9 Å². The zero-order valence-electron chi connectivity index (χ0n) is 28.4. The number of fused-ring (bicyclic) bond motifs is 1.